The molecule has 2 rings (SSSR count). The lowest BCUT2D eigenvalue weighted by Gasteiger charge is -2.13. The maximum absolute atomic E-state index is 12.4. The van der Waals surface area contributed by atoms with Crippen LogP contribution in [0.2, 0.25) is 0 Å². The number of pyridine rings is 1. The molecule has 1 aromatic heterocycles. The zero-order valence-electron chi connectivity index (χ0n) is 13.7. The quantitative estimate of drug-likeness (QED) is 0.856. The fourth-order valence-corrected chi connectivity index (χ4v) is 2.08. The van der Waals surface area contributed by atoms with Gasteiger partial charge in [-0.25, -0.2) is 0 Å². The minimum absolute atomic E-state index is 0.270. The van der Waals surface area contributed by atoms with Gasteiger partial charge in [-0.3, -0.25) is 9.78 Å². The molecule has 0 atom stereocenters. The van der Waals surface area contributed by atoms with Crippen LogP contribution in [0, 0.1) is 0 Å². The predicted octanol–water partition coefficient (Wildman–Crippen LogP) is 3.17. The van der Waals surface area contributed by atoms with Crippen molar-refractivity contribution in [3.63, 3.8) is 0 Å². The molecule has 0 unspecified atom stereocenters. The van der Waals surface area contributed by atoms with Crippen molar-refractivity contribution in [1.82, 2.24) is 4.98 Å². The minimum Gasteiger partial charge on any atom is -0.497 e. The van der Waals surface area contributed by atoms with Crippen molar-refractivity contribution < 1.29 is 14.3 Å². The van der Waals surface area contributed by atoms with E-state index in [2.05, 4.69) is 15.6 Å². The van der Waals surface area contributed by atoms with Gasteiger partial charge in [-0.2, -0.15) is 0 Å². The third kappa shape index (κ3) is 4.35. The summed E-state index contributed by atoms with van der Waals surface area (Å²) in [6.45, 7) is 4.06. The van der Waals surface area contributed by atoms with Crippen LogP contribution in [0.1, 0.15) is 24.3 Å². The second-order valence-corrected chi connectivity index (χ2v) is 5.25. The summed E-state index contributed by atoms with van der Waals surface area (Å²) in [6.07, 6.45) is 1.60. The average molecular weight is 315 g/mol. The second kappa shape index (κ2) is 7.49. The highest BCUT2D eigenvalue weighted by Crippen LogP contribution is 2.29. The van der Waals surface area contributed by atoms with Gasteiger partial charge in [0.05, 0.1) is 19.9 Å². The van der Waals surface area contributed by atoms with Crippen molar-refractivity contribution in [1.29, 1.82) is 0 Å². The van der Waals surface area contributed by atoms with Gasteiger partial charge in [0.15, 0.2) is 0 Å². The Bertz CT molecular complexity index is 687. The molecule has 0 aliphatic carbocycles. The molecule has 6 nitrogen and oxygen atoms in total. The van der Waals surface area contributed by atoms with Gasteiger partial charge in [0, 0.05) is 24.0 Å². The molecule has 2 aromatic rings. The number of rotatable bonds is 6. The number of methoxy groups -OCH3 is 2. The SMILES string of the molecule is COc1ccc(OC)c(NC(=O)c2cc(NC(C)C)ccn2)c1. The largest absolute Gasteiger partial charge is 0.497 e. The van der Waals surface area contributed by atoms with Gasteiger partial charge in [-0.05, 0) is 38.1 Å². The molecule has 0 saturated carbocycles. The molecule has 1 amide bonds. The van der Waals surface area contributed by atoms with Crippen LogP contribution in [0.4, 0.5) is 11.4 Å². The van der Waals surface area contributed by atoms with Crippen LogP contribution in [-0.4, -0.2) is 31.2 Å². The van der Waals surface area contributed by atoms with Crippen LogP contribution >= 0.6 is 0 Å². The van der Waals surface area contributed by atoms with Crippen LogP contribution < -0.4 is 20.1 Å². The van der Waals surface area contributed by atoms with E-state index in [1.54, 1.807) is 44.7 Å². The van der Waals surface area contributed by atoms with Gasteiger partial charge in [-0.15, -0.1) is 0 Å². The Morgan fingerprint density at radius 1 is 1.13 bits per heavy atom. The molecule has 23 heavy (non-hydrogen) atoms. The van der Waals surface area contributed by atoms with Crippen molar-refractivity contribution in [2.75, 3.05) is 24.9 Å². The van der Waals surface area contributed by atoms with Crippen LogP contribution in [0.3, 0.4) is 0 Å². The van der Waals surface area contributed by atoms with Gasteiger partial charge in [0.2, 0.25) is 0 Å². The van der Waals surface area contributed by atoms with E-state index in [1.165, 1.54) is 0 Å². The molecule has 0 fully saturated rings. The summed E-state index contributed by atoms with van der Waals surface area (Å²) in [7, 11) is 3.11. The fraction of sp³-hybridized carbons (Fsp3) is 0.294. The zero-order valence-corrected chi connectivity index (χ0v) is 13.7. The number of carbonyl (C=O) groups excluding carboxylic acids is 1. The highest BCUT2D eigenvalue weighted by Gasteiger charge is 2.13. The lowest BCUT2D eigenvalue weighted by atomic mass is 10.2. The van der Waals surface area contributed by atoms with Gasteiger partial charge in [0.1, 0.15) is 17.2 Å². The first-order chi connectivity index (χ1) is 11.0. The fourth-order valence-electron chi connectivity index (χ4n) is 2.08. The number of carbonyl (C=O) groups is 1. The number of anilines is 2. The Morgan fingerprint density at radius 3 is 2.57 bits per heavy atom. The Kier molecular flexibility index (Phi) is 5.41. The molecule has 0 aliphatic rings. The number of hydrogen-bond donors (Lipinski definition) is 2. The smallest absolute Gasteiger partial charge is 0.274 e. The third-order valence-electron chi connectivity index (χ3n) is 3.10. The molecule has 122 valence electrons. The van der Waals surface area contributed by atoms with E-state index in [9.17, 15) is 4.79 Å². The van der Waals surface area contributed by atoms with E-state index in [4.69, 9.17) is 9.47 Å². The first-order valence-electron chi connectivity index (χ1n) is 7.29. The van der Waals surface area contributed by atoms with E-state index in [-0.39, 0.29) is 11.9 Å². The summed E-state index contributed by atoms with van der Waals surface area (Å²) in [5.74, 6) is 0.865. The molecule has 0 saturated heterocycles. The van der Waals surface area contributed by atoms with Gasteiger partial charge < -0.3 is 20.1 Å². The first-order valence-corrected chi connectivity index (χ1v) is 7.29. The molecule has 1 heterocycles. The molecule has 1 aromatic carbocycles. The Labute approximate surface area is 135 Å². The molecule has 6 heteroatoms. The van der Waals surface area contributed by atoms with E-state index in [0.29, 0.717) is 22.9 Å². The van der Waals surface area contributed by atoms with Crippen LogP contribution in [0.25, 0.3) is 0 Å². The summed E-state index contributed by atoms with van der Waals surface area (Å²) in [6, 6.07) is 9.00. The Hall–Kier alpha value is -2.76. The number of ether oxygens (including phenoxy) is 2. The van der Waals surface area contributed by atoms with Crippen LogP contribution in [-0.2, 0) is 0 Å². The summed E-state index contributed by atoms with van der Waals surface area (Å²) in [5.41, 5.74) is 1.69. The maximum Gasteiger partial charge on any atom is 0.274 e. The van der Waals surface area contributed by atoms with Crippen molar-refractivity contribution >= 4 is 17.3 Å². The number of nitrogens with zero attached hydrogens (tertiary/aromatic N) is 1. The minimum atomic E-state index is -0.316. The number of hydrogen-bond acceptors (Lipinski definition) is 5. The first kappa shape index (κ1) is 16.6. The molecular formula is C17H21N3O3. The second-order valence-electron chi connectivity index (χ2n) is 5.25. The van der Waals surface area contributed by atoms with Crippen molar-refractivity contribution in [3.8, 4) is 11.5 Å². The summed E-state index contributed by atoms with van der Waals surface area (Å²) in [5, 5.41) is 6.04. The van der Waals surface area contributed by atoms with Crippen molar-refractivity contribution in [2.24, 2.45) is 0 Å². The highest BCUT2D eigenvalue weighted by molar-refractivity contribution is 6.04. The number of aromatic nitrogens is 1. The Morgan fingerprint density at radius 2 is 1.91 bits per heavy atom. The summed E-state index contributed by atoms with van der Waals surface area (Å²) in [4.78, 5) is 16.5. The lowest BCUT2D eigenvalue weighted by Crippen LogP contribution is -2.16. The summed E-state index contributed by atoms with van der Waals surface area (Å²) < 4.78 is 10.4. The normalized spacial score (nSPS) is 10.3. The maximum atomic E-state index is 12.4. The lowest BCUT2D eigenvalue weighted by molar-refractivity contribution is 0.102. The molecule has 0 bridgehead atoms. The predicted molar refractivity (Wildman–Crippen MR) is 90.5 cm³/mol. The molecule has 0 radical (unpaired) electrons. The van der Waals surface area contributed by atoms with E-state index >= 15 is 0 Å². The average Bonchev–Trinajstić information content (AvgIpc) is 2.54. The molecule has 0 aliphatic heterocycles. The van der Waals surface area contributed by atoms with E-state index < -0.39 is 0 Å². The van der Waals surface area contributed by atoms with Gasteiger partial charge in [-0.1, -0.05) is 0 Å². The Balaban J connectivity index is 2.22. The number of nitrogens with one attached hydrogen (secondary N) is 2. The van der Waals surface area contributed by atoms with Crippen molar-refractivity contribution in [3.05, 3.63) is 42.2 Å². The summed E-state index contributed by atoms with van der Waals surface area (Å²) >= 11 is 0. The van der Waals surface area contributed by atoms with Crippen molar-refractivity contribution in [2.45, 2.75) is 19.9 Å². The highest BCUT2D eigenvalue weighted by atomic mass is 16.5. The molecule has 2 N–H and O–H groups in total. The monoisotopic (exact) mass is 315 g/mol. The molecule has 0 spiro atoms. The van der Waals surface area contributed by atoms with Gasteiger partial charge in [0.25, 0.3) is 5.91 Å². The topological polar surface area (TPSA) is 72.5 Å². The number of amides is 1. The zero-order chi connectivity index (χ0) is 16.8. The number of benzene rings is 1. The third-order valence-corrected chi connectivity index (χ3v) is 3.10. The van der Waals surface area contributed by atoms with E-state index in [1.807, 2.05) is 19.9 Å². The van der Waals surface area contributed by atoms with Crippen LogP contribution in [0.5, 0.6) is 11.5 Å². The van der Waals surface area contributed by atoms with Crippen LogP contribution in [0.15, 0.2) is 36.5 Å². The van der Waals surface area contributed by atoms with Gasteiger partial charge >= 0.3 is 0 Å². The van der Waals surface area contributed by atoms with E-state index in [0.717, 1.165) is 5.69 Å². The molecular weight excluding hydrogens is 294 g/mol. The standard InChI is InChI=1S/C17H21N3O3/c1-11(2)19-12-7-8-18-15(9-12)17(21)20-14-10-13(22-3)5-6-16(14)23-4/h5-11H,1-4H3,(H,18,19)(H,20,21).